The predicted octanol–water partition coefficient (Wildman–Crippen LogP) is 2.95. The van der Waals surface area contributed by atoms with Crippen molar-refractivity contribution in [2.75, 3.05) is 43.0 Å². The number of para-hydroxylation sites is 2. The highest BCUT2D eigenvalue weighted by atomic mass is 15.2. The lowest BCUT2D eigenvalue weighted by Gasteiger charge is -2.39. The van der Waals surface area contributed by atoms with Crippen molar-refractivity contribution in [1.29, 1.82) is 0 Å². The molecule has 0 saturated heterocycles. The van der Waals surface area contributed by atoms with Crippen molar-refractivity contribution >= 4 is 11.4 Å². The number of hydrogen-bond acceptors (Lipinski definition) is 3. The molecular weight excluding hydrogens is 246 g/mol. The fraction of sp³-hybridized carbons (Fsp3) is 0.647. The van der Waals surface area contributed by atoms with Gasteiger partial charge in [-0.2, -0.15) is 0 Å². The van der Waals surface area contributed by atoms with Crippen LogP contribution >= 0.6 is 0 Å². The average Bonchev–Trinajstić information content (AvgIpc) is 2.40. The van der Waals surface area contributed by atoms with Gasteiger partial charge in [-0.1, -0.05) is 32.9 Å². The molecule has 3 nitrogen and oxygen atoms in total. The SMILES string of the molecule is CN1CCN(CC(CN)CC(C)(C)C)c2ccccc21. The minimum absolute atomic E-state index is 0.343. The molecule has 2 N–H and O–H groups in total. The fourth-order valence-corrected chi connectivity index (χ4v) is 3.16. The van der Waals surface area contributed by atoms with Crippen molar-refractivity contribution in [2.45, 2.75) is 27.2 Å². The highest BCUT2D eigenvalue weighted by Crippen LogP contribution is 2.33. The third-order valence-corrected chi connectivity index (χ3v) is 4.05. The molecule has 1 unspecified atom stereocenters. The van der Waals surface area contributed by atoms with Gasteiger partial charge in [0.25, 0.3) is 0 Å². The smallest absolute Gasteiger partial charge is 0.0604 e. The van der Waals surface area contributed by atoms with Gasteiger partial charge in [0.15, 0.2) is 0 Å². The van der Waals surface area contributed by atoms with Gasteiger partial charge >= 0.3 is 0 Å². The van der Waals surface area contributed by atoms with Crippen LogP contribution in [0.15, 0.2) is 24.3 Å². The molecule has 0 aromatic heterocycles. The molecule has 1 aromatic carbocycles. The fourth-order valence-electron chi connectivity index (χ4n) is 3.16. The van der Waals surface area contributed by atoms with E-state index in [-0.39, 0.29) is 0 Å². The molecule has 1 heterocycles. The maximum atomic E-state index is 6.01. The second-order valence-corrected chi connectivity index (χ2v) is 7.22. The minimum atomic E-state index is 0.343. The van der Waals surface area contributed by atoms with E-state index in [1.807, 2.05) is 0 Å². The Bertz CT molecular complexity index is 436. The number of fused-ring (bicyclic) bond motifs is 1. The van der Waals surface area contributed by atoms with Gasteiger partial charge in [0, 0.05) is 26.7 Å². The number of anilines is 2. The molecule has 1 aliphatic heterocycles. The Morgan fingerprint density at radius 1 is 1.15 bits per heavy atom. The Kier molecular flexibility index (Phi) is 4.59. The van der Waals surface area contributed by atoms with Crippen LogP contribution in [0, 0.1) is 11.3 Å². The second kappa shape index (κ2) is 6.04. The molecular formula is C17H29N3. The Hall–Kier alpha value is -1.22. The van der Waals surface area contributed by atoms with Crippen LogP contribution in [-0.2, 0) is 0 Å². The van der Waals surface area contributed by atoms with E-state index >= 15 is 0 Å². The molecule has 112 valence electrons. The van der Waals surface area contributed by atoms with Crippen molar-refractivity contribution in [3.8, 4) is 0 Å². The summed E-state index contributed by atoms with van der Waals surface area (Å²) in [5, 5.41) is 0. The number of likely N-dealkylation sites (N-methyl/N-ethyl adjacent to an activating group) is 1. The van der Waals surface area contributed by atoms with E-state index in [1.54, 1.807) is 0 Å². The Balaban J connectivity index is 2.12. The number of nitrogens with zero attached hydrogens (tertiary/aromatic N) is 2. The first-order valence-corrected chi connectivity index (χ1v) is 7.66. The van der Waals surface area contributed by atoms with Crippen molar-refractivity contribution in [3.05, 3.63) is 24.3 Å². The quantitative estimate of drug-likeness (QED) is 0.917. The Labute approximate surface area is 123 Å². The third-order valence-electron chi connectivity index (χ3n) is 4.05. The van der Waals surface area contributed by atoms with E-state index in [1.165, 1.54) is 17.8 Å². The maximum absolute atomic E-state index is 6.01. The number of nitrogens with two attached hydrogens (primary N) is 1. The summed E-state index contributed by atoms with van der Waals surface area (Å²) in [5.74, 6) is 0.562. The van der Waals surface area contributed by atoms with Crippen LogP contribution in [0.1, 0.15) is 27.2 Å². The van der Waals surface area contributed by atoms with Crippen molar-refractivity contribution < 1.29 is 0 Å². The molecule has 0 bridgehead atoms. The minimum Gasteiger partial charge on any atom is -0.371 e. The first-order valence-electron chi connectivity index (χ1n) is 7.66. The summed E-state index contributed by atoms with van der Waals surface area (Å²) in [6.45, 7) is 10.9. The van der Waals surface area contributed by atoms with Crippen LogP contribution in [-0.4, -0.2) is 33.2 Å². The summed E-state index contributed by atoms with van der Waals surface area (Å²) < 4.78 is 0. The van der Waals surface area contributed by atoms with Crippen LogP contribution in [0.25, 0.3) is 0 Å². The first kappa shape index (κ1) is 15.2. The average molecular weight is 275 g/mol. The summed E-state index contributed by atoms with van der Waals surface area (Å²) in [6.07, 6.45) is 1.18. The van der Waals surface area contributed by atoms with Gasteiger partial charge in [-0.25, -0.2) is 0 Å². The molecule has 1 aliphatic rings. The van der Waals surface area contributed by atoms with Crippen LogP contribution < -0.4 is 15.5 Å². The highest BCUT2D eigenvalue weighted by Gasteiger charge is 2.24. The molecule has 1 atom stereocenters. The summed E-state index contributed by atoms with van der Waals surface area (Å²) in [7, 11) is 2.17. The summed E-state index contributed by atoms with van der Waals surface area (Å²) in [4.78, 5) is 4.85. The van der Waals surface area contributed by atoms with Gasteiger partial charge in [-0.15, -0.1) is 0 Å². The van der Waals surface area contributed by atoms with E-state index in [0.29, 0.717) is 11.3 Å². The standard InChI is InChI=1S/C17H29N3/c1-17(2,3)11-14(12-18)13-20-10-9-19(4)15-7-5-6-8-16(15)20/h5-8,14H,9-13,18H2,1-4H3. The zero-order chi connectivity index (χ0) is 14.8. The molecule has 0 radical (unpaired) electrons. The topological polar surface area (TPSA) is 32.5 Å². The normalized spacial score (nSPS) is 17.1. The van der Waals surface area contributed by atoms with Crippen LogP contribution in [0.3, 0.4) is 0 Å². The van der Waals surface area contributed by atoms with Gasteiger partial charge in [-0.3, -0.25) is 0 Å². The third kappa shape index (κ3) is 3.66. The van der Waals surface area contributed by atoms with Gasteiger partial charge in [0.05, 0.1) is 11.4 Å². The molecule has 0 saturated carbocycles. The Morgan fingerprint density at radius 3 is 2.40 bits per heavy atom. The lowest BCUT2D eigenvalue weighted by atomic mass is 9.84. The molecule has 1 aromatic rings. The lowest BCUT2D eigenvalue weighted by Crippen LogP contribution is -2.43. The van der Waals surface area contributed by atoms with E-state index < -0.39 is 0 Å². The molecule has 0 amide bonds. The van der Waals surface area contributed by atoms with E-state index in [9.17, 15) is 0 Å². The van der Waals surface area contributed by atoms with E-state index in [4.69, 9.17) is 5.73 Å². The summed E-state index contributed by atoms with van der Waals surface area (Å²) in [5.41, 5.74) is 9.04. The summed E-state index contributed by atoms with van der Waals surface area (Å²) in [6, 6.07) is 8.69. The van der Waals surface area contributed by atoms with E-state index in [0.717, 1.165) is 26.2 Å². The largest absolute Gasteiger partial charge is 0.371 e. The zero-order valence-corrected chi connectivity index (χ0v) is 13.4. The zero-order valence-electron chi connectivity index (χ0n) is 13.4. The van der Waals surface area contributed by atoms with Gasteiger partial charge in [0.2, 0.25) is 0 Å². The van der Waals surface area contributed by atoms with Crippen LogP contribution in [0.4, 0.5) is 11.4 Å². The van der Waals surface area contributed by atoms with Crippen molar-refractivity contribution in [3.63, 3.8) is 0 Å². The molecule has 0 spiro atoms. The molecule has 2 rings (SSSR count). The number of rotatable bonds is 4. The number of benzene rings is 1. The van der Waals surface area contributed by atoms with Crippen molar-refractivity contribution in [1.82, 2.24) is 0 Å². The second-order valence-electron chi connectivity index (χ2n) is 7.22. The highest BCUT2D eigenvalue weighted by molar-refractivity contribution is 5.73. The van der Waals surface area contributed by atoms with Gasteiger partial charge in [0.1, 0.15) is 0 Å². The van der Waals surface area contributed by atoms with Gasteiger partial charge in [-0.05, 0) is 36.4 Å². The first-order chi connectivity index (χ1) is 9.40. The van der Waals surface area contributed by atoms with Gasteiger partial charge < -0.3 is 15.5 Å². The maximum Gasteiger partial charge on any atom is 0.0604 e. The predicted molar refractivity (Wildman–Crippen MR) is 88.5 cm³/mol. The summed E-state index contributed by atoms with van der Waals surface area (Å²) >= 11 is 0. The Morgan fingerprint density at radius 2 is 1.80 bits per heavy atom. The van der Waals surface area contributed by atoms with Crippen LogP contribution in [0.5, 0.6) is 0 Å². The molecule has 0 aliphatic carbocycles. The monoisotopic (exact) mass is 275 g/mol. The lowest BCUT2D eigenvalue weighted by molar-refractivity contribution is 0.298. The molecule has 3 heteroatoms. The van der Waals surface area contributed by atoms with Crippen molar-refractivity contribution in [2.24, 2.45) is 17.1 Å². The van der Waals surface area contributed by atoms with E-state index in [2.05, 4.69) is 61.9 Å². The molecule has 0 fully saturated rings. The van der Waals surface area contributed by atoms with Crippen LogP contribution in [0.2, 0.25) is 0 Å². The number of hydrogen-bond donors (Lipinski definition) is 1. The molecule has 20 heavy (non-hydrogen) atoms.